The molecule has 0 aliphatic carbocycles. The summed E-state index contributed by atoms with van der Waals surface area (Å²) in [6.45, 7) is 1.59. The molecular formula is C13H15BrClNO4. The number of carboxylic acid groups (broad SMARTS) is 1. The molecule has 0 aliphatic heterocycles. The van der Waals surface area contributed by atoms with E-state index in [0.29, 0.717) is 28.1 Å². The maximum absolute atomic E-state index is 11.6. The molecule has 5 nitrogen and oxygen atoms in total. The monoisotopic (exact) mass is 363 g/mol. The van der Waals surface area contributed by atoms with Crippen molar-refractivity contribution in [1.82, 2.24) is 5.32 Å². The standard InChI is InChI=1S/C13H15BrClNO4/c1-2-3-10(13(18)19)16-12(17)7-20-11-5-4-8(15)6-9(11)14/h4-6,10H,2-3,7H2,1H3,(H,16,17)(H,18,19)/t10-/m0/s1. The van der Waals surface area contributed by atoms with Crippen LogP contribution in [0, 0.1) is 0 Å². The Morgan fingerprint density at radius 2 is 2.20 bits per heavy atom. The first-order valence-corrected chi connectivity index (χ1v) is 7.21. The first-order valence-electron chi connectivity index (χ1n) is 6.04. The molecule has 1 aromatic rings. The van der Waals surface area contributed by atoms with Gasteiger partial charge >= 0.3 is 5.97 Å². The minimum atomic E-state index is -1.05. The molecule has 2 N–H and O–H groups in total. The van der Waals surface area contributed by atoms with Gasteiger partial charge in [0.2, 0.25) is 0 Å². The van der Waals surface area contributed by atoms with Crippen molar-refractivity contribution >= 4 is 39.4 Å². The van der Waals surface area contributed by atoms with Crippen LogP contribution in [0.3, 0.4) is 0 Å². The zero-order chi connectivity index (χ0) is 15.1. The normalized spacial score (nSPS) is 11.8. The minimum Gasteiger partial charge on any atom is -0.483 e. The summed E-state index contributed by atoms with van der Waals surface area (Å²) in [6.07, 6.45) is 1.05. The quantitative estimate of drug-likeness (QED) is 0.780. The van der Waals surface area contributed by atoms with Crippen LogP contribution in [0.4, 0.5) is 0 Å². The highest BCUT2D eigenvalue weighted by Gasteiger charge is 2.19. The van der Waals surface area contributed by atoms with Crippen LogP contribution in [0.2, 0.25) is 5.02 Å². The Labute approximate surface area is 130 Å². The van der Waals surface area contributed by atoms with E-state index in [1.807, 2.05) is 6.92 Å². The highest BCUT2D eigenvalue weighted by Crippen LogP contribution is 2.27. The molecular weight excluding hydrogens is 350 g/mol. The average molecular weight is 365 g/mol. The Bertz CT molecular complexity index is 495. The number of rotatable bonds is 7. The second kappa shape index (κ2) is 8.11. The summed E-state index contributed by atoms with van der Waals surface area (Å²) in [7, 11) is 0. The minimum absolute atomic E-state index is 0.256. The maximum Gasteiger partial charge on any atom is 0.326 e. The Hall–Kier alpha value is -1.27. The van der Waals surface area contributed by atoms with Gasteiger partial charge in [0, 0.05) is 5.02 Å². The van der Waals surface area contributed by atoms with E-state index in [0.717, 1.165) is 0 Å². The molecule has 1 atom stereocenters. The zero-order valence-corrected chi connectivity index (χ0v) is 13.2. The van der Waals surface area contributed by atoms with Gasteiger partial charge in [-0.3, -0.25) is 4.79 Å². The molecule has 1 amide bonds. The van der Waals surface area contributed by atoms with E-state index in [9.17, 15) is 9.59 Å². The molecule has 1 aromatic carbocycles. The van der Waals surface area contributed by atoms with Crippen molar-refractivity contribution in [1.29, 1.82) is 0 Å². The molecule has 1 rings (SSSR count). The molecule has 0 unspecified atom stereocenters. The first kappa shape index (κ1) is 16.8. The third kappa shape index (κ3) is 5.38. The predicted molar refractivity (Wildman–Crippen MR) is 79.1 cm³/mol. The molecule has 0 radical (unpaired) electrons. The second-order valence-electron chi connectivity index (χ2n) is 4.11. The zero-order valence-electron chi connectivity index (χ0n) is 10.9. The molecule has 7 heteroatoms. The van der Waals surface area contributed by atoms with Gasteiger partial charge in [-0.15, -0.1) is 0 Å². The lowest BCUT2D eigenvalue weighted by molar-refractivity contribution is -0.142. The van der Waals surface area contributed by atoms with Crippen molar-refractivity contribution in [2.75, 3.05) is 6.61 Å². The van der Waals surface area contributed by atoms with Crippen molar-refractivity contribution in [3.8, 4) is 5.75 Å². The summed E-state index contributed by atoms with van der Waals surface area (Å²) in [5, 5.41) is 11.9. The van der Waals surface area contributed by atoms with Gasteiger partial charge in [-0.25, -0.2) is 4.79 Å². The van der Waals surface area contributed by atoms with Crippen LogP contribution in [0.25, 0.3) is 0 Å². The predicted octanol–water partition coefficient (Wildman–Crippen LogP) is 2.85. The largest absolute Gasteiger partial charge is 0.483 e. The molecule has 0 fully saturated rings. The summed E-state index contributed by atoms with van der Waals surface area (Å²) < 4.78 is 5.93. The Balaban J connectivity index is 2.52. The van der Waals surface area contributed by atoms with Crippen LogP contribution < -0.4 is 10.1 Å². The van der Waals surface area contributed by atoms with E-state index in [1.54, 1.807) is 18.2 Å². The van der Waals surface area contributed by atoms with Crippen LogP contribution in [-0.2, 0) is 9.59 Å². The average Bonchev–Trinajstić information content (AvgIpc) is 2.37. The molecule has 0 heterocycles. The molecule has 0 spiro atoms. The number of halogens is 2. The van der Waals surface area contributed by atoms with Gasteiger partial charge in [0.1, 0.15) is 11.8 Å². The third-order valence-corrected chi connectivity index (χ3v) is 3.32. The van der Waals surface area contributed by atoms with Gasteiger partial charge in [-0.05, 0) is 40.5 Å². The van der Waals surface area contributed by atoms with Gasteiger partial charge in [0.05, 0.1) is 4.47 Å². The molecule has 20 heavy (non-hydrogen) atoms. The summed E-state index contributed by atoms with van der Waals surface area (Å²) in [6, 6.07) is 4.02. The third-order valence-electron chi connectivity index (χ3n) is 2.46. The van der Waals surface area contributed by atoms with E-state index in [2.05, 4.69) is 21.2 Å². The van der Waals surface area contributed by atoms with Crippen LogP contribution in [0.1, 0.15) is 19.8 Å². The van der Waals surface area contributed by atoms with E-state index in [1.165, 1.54) is 0 Å². The van der Waals surface area contributed by atoms with Crippen LogP contribution in [0.15, 0.2) is 22.7 Å². The number of ether oxygens (including phenoxy) is 1. The number of benzene rings is 1. The van der Waals surface area contributed by atoms with Crippen molar-refractivity contribution in [3.05, 3.63) is 27.7 Å². The van der Waals surface area contributed by atoms with Crippen molar-refractivity contribution in [2.24, 2.45) is 0 Å². The number of hydrogen-bond donors (Lipinski definition) is 2. The molecule has 0 saturated heterocycles. The lowest BCUT2D eigenvalue weighted by Crippen LogP contribution is -2.42. The number of aliphatic carboxylic acids is 1. The Kier molecular flexibility index (Phi) is 6.81. The summed E-state index contributed by atoms with van der Waals surface area (Å²) in [4.78, 5) is 22.6. The molecule has 0 aliphatic rings. The molecule has 0 bridgehead atoms. The van der Waals surface area contributed by atoms with Crippen molar-refractivity contribution in [3.63, 3.8) is 0 Å². The van der Waals surface area contributed by atoms with Gasteiger partial charge in [0.15, 0.2) is 6.61 Å². The van der Waals surface area contributed by atoms with E-state index in [4.69, 9.17) is 21.4 Å². The van der Waals surface area contributed by atoms with E-state index >= 15 is 0 Å². The number of amides is 1. The van der Waals surface area contributed by atoms with Crippen molar-refractivity contribution in [2.45, 2.75) is 25.8 Å². The van der Waals surface area contributed by atoms with Gasteiger partial charge in [-0.2, -0.15) is 0 Å². The smallest absolute Gasteiger partial charge is 0.326 e. The second-order valence-corrected chi connectivity index (χ2v) is 5.40. The summed E-state index contributed by atoms with van der Waals surface area (Å²) >= 11 is 9.05. The maximum atomic E-state index is 11.6. The highest BCUT2D eigenvalue weighted by molar-refractivity contribution is 9.10. The highest BCUT2D eigenvalue weighted by atomic mass is 79.9. The number of carbonyl (C=O) groups is 2. The first-order chi connectivity index (χ1) is 9.43. The van der Waals surface area contributed by atoms with E-state index < -0.39 is 17.9 Å². The summed E-state index contributed by atoms with van der Waals surface area (Å²) in [5.41, 5.74) is 0. The fourth-order valence-corrected chi connectivity index (χ4v) is 2.31. The Morgan fingerprint density at radius 1 is 1.50 bits per heavy atom. The van der Waals surface area contributed by atoms with Gasteiger partial charge < -0.3 is 15.2 Å². The number of carboxylic acids is 1. The summed E-state index contributed by atoms with van der Waals surface area (Å²) in [5.74, 6) is -1.06. The fourth-order valence-electron chi connectivity index (χ4n) is 1.52. The lowest BCUT2D eigenvalue weighted by Gasteiger charge is -2.14. The molecule has 110 valence electrons. The molecule has 0 aromatic heterocycles. The number of hydrogen-bond acceptors (Lipinski definition) is 3. The topological polar surface area (TPSA) is 75.6 Å². The number of carbonyl (C=O) groups excluding carboxylic acids is 1. The SMILES string of the molecule is CCC[C@H](NC(=O)COc1ccc(Cl)cc1Br)C(=O)O. The van der Waals surface area contributed by atoms with Gasteiger partial charge in [-0.1, -0.05) is 24.9 Å². The Morgan fingerprint density at radius 3 is 2.75 bits per heavy atom. The van der Waals surface area contributed by atoms with Crippen LogP contribution >= 0.6 is 27.5 Å². The van der Waals surface area contributed by atoms with Crippen molar-refractivity contribution < 1.29 is 19.4 Å². The van der Waals surface area contributed by atoms with Crippen LogP contribution in [0.5, 0.6) is 5.75 Å². The van der Waals surface area contributed by atoms with Crippen LogP contribution in [-0.4, -0.2) is 29.6 Å². The molecule has 0 saturated carbocycles. The van der Waals surface area contributed by atoms with E-state index in [-0.39, 0.29) is 6.61 Å². The fraction of sp³-hybridized carbons (Fsp3) is 0.385. The lowest BCUT2D eigenvalue weighted by atomic mass is 10.2. The van der Waals surface area contributed by atoms with Gasteiger partial charge in [0.25, 0.3) is 5.91 Å². The number of nitrogens with one attached hydrogen (secondary N) is 1.